The lowest BCUT2D eigenvalue weighted by Gasteiger charge is -2.26. The van der Waals surface area contributed by atoms with Gasteiger partial charge in [0.25, 0.3) is 5.91 Å². The maximum Gasteiger partial charge on any atom is 0.290 e. The van der Waals surface area contributed by atoms with E-state index >= 15 is 0 Å². The van der Waals surface area contributed by atoms with E-state index in [1.165, 1.54) is 4.90 Å². The summed E-state index contributed by atoms with van der Waals surface area (Å²) in [6.45, 7) is 3.13. The Labute approximate surface area is 180 Å². The maximum atomic E-state index is 13.4. The number of nitrogens with zero attached hydrogens (tertiary/aromatic N) is 3. The molecule has 0 aliphatic carbocycles. The van der Waals surface area contributed by atoms with Crippen molar-refractivity contribution in [2.75, 3.05) is 27.2 Å². The highest BCUT2D eigenvalue weighted by Crippen LogP contribution is 2.39. The average Bonchev–Trinajstić information content (AvgIpc) is 3.27. The molecule has 1 aliphatic rings. The van der Waals surface area contributed by atoms with Crippen LogP contribution in [0, 0.1) is 6.92 Å². The fourth-order valence-electron chi connectivity index (χ4n) is 3.97. The van der Waals surface area contributed by atoms with Crippen LogP contribution in [0.1, 0.15) is 34.1 Å². The second-order valence-corrected chi connectivity index (χ2v) is 8.09. The van der Waals surface area contributed by atoms with Gasteiger partial charge in [-0.25, -0.2) is 0 Å². The number of carbonyl (C=O) groups excluding carboxylic acids is 2. The second kappa shape index (κ2) is 8.35. The molecule has 2 aromatic heterocycles. The third-order valence-corrected chi connectivity index (χ3v) is 5.45. The van der Waals surface area contributed by atoms with Crippen LogP contribution in [0.3, 0.4) is 0 Å². The summed E-state index contributed by atoms with van der Waals surface area (Å²) in [5, 5.41) is 11.5. The SMILES string of the molecule is Cc1ccc2oc(C(=O)C3=C(O)C(=O)N(CCCN(C)C)C3c3cccnc3)cc2c1. The van der Waals surface area contributed by atoms with Crippen molar-refractivity contribution in [2.24, 2.45) is 0 Å². The Morgan fingerprint density at radius 3 is 2.77 bits per heavy atom. The smallest absolute Gasteiger partial charge is 0.290 e. The molecule has 0 bridgehead atoms. The fraction of sp³-hybridized carbons (Fsp3) is 0.292. The Bertz CT molecular complexity index is 1160. The summed E-state index contributed by atoms with van der Waals surface area (Å²) in [5.41, 5.74) is 2.32. The van der Waals surface area contributed by atoms with Crippen molar-refractivity contribution in [3.8, 4) is 0 Å². The molecule has 7 heteroatoms. The van der Waals surface area contributed by atoms with Crippen LogP contribution in [-0.4, -0.2) is 58.8 Å². The standard InChI is InChI=1S/C24H25N3O4/c1-15-7-8-18-17(12-15)13-19(31-18)22(28)20-21(16-6-4-9-25-14-16)27(24(30)23(20)29)11-5-10-26(2)3/h4,6-9,12-14,21,29H,5,10-11H2,1-3H3. The van der Waals surface area contributed by atoms with Gasteiger partial charge in [0.1, 0.15) is 5.58 Å². The van der Waals surface area contributed by atoms with Crippen molar-refractivity contribution in [1.29, 1.82) is 0 Å². The minimum atomic E-state index is -0.717. The number of aliphatic hydroxyl groups is 1. The molecule has 3 aromatic rings. The Kier molecular flexibility index (Phi) is 5.61. The van der Waals surface area contributed by atoms with Crippen molar-refractivity contribution in [3.63, 3.8) is 0 Å². The first-order chi connectivity index (χ1) is 14.9. The number of hydrogen-bond acceptors (Lipinski definition) is 6. The molecular weight excluding hydrogens is 394 g/mol. The van der Waals surface area contributed by atoms with Gasteiger partial charge in [-0.05, 0) is 63.8 Å². The summed E-state index contributed by atoms with van der Waals surface area (Å²) in [6, 6.07) is 10.1. The molecule has 1 aliphatic heterocycles. The van der Waals surface area contributed by atoms with E-state index in [-0.39, 0.29) is 11.3 Å². The summed E-state index contributed by atoms with van der Waals surface area (Å²) in [5.74, 6) is -1.48. The number of aliphatic hydroxyl groups excluding tert-OH is 1. The summed E-state index contributed by atoms with van der Waals surface area (Å²) >= 11 is 0. The predicted molar refractivity (Wildman–Crippen MR) is 117 cm³/mol. The lowest BCUT2D eigenvalue weighted by Crippen LogP contribution is -2.33. The van der Waals surface area contributed by atoms with Gasteiger partial charge in [-0.1, -0.05) is 17.7 Å². The van der Waals surface area contributed by atoms with Crippen molar-refractivity contribution < 1.29 is 19.1 Å². The summed E-state index contributed by atoms with van der Waals surface area (Å²) < 4.78 is 5.77. The van der Waals surface area contributed by atoms with E-state index in [1.807, 2.05) is 44.1 Å². The molecule has 0 saturated carbocycles. The van der Waals surface area contributed by atoms with E-state index in [1.54, 1.807) is 30.6 Å². The monoisotopic (exact) mass is 419 g/mol. The van der Waals surface area contributed by atoms with E-state index in [0.29, 0.717) is 24.1 Å². The third kappa shape index (κ3) is 3.96. The Morgan fingerprint density at radius 2 is 2.06 bits per heavy atom. The molecule has 4 rings (SSSR count). The van der Waals surface area contributed by atoms with Gasteiger partial charge in [0, 0.05) is 24.3 Å². The van der Waals surface area contributed by atoms with Gasteiger partial charge in [-0.15, -0.1) is 0 Å². The van der Waals surface area contributed by atoms with Crippen molar-refractivity contribution in [3.05, 3.63) is 77.0 Å². The fourth-order valence-corrected chi connectivity index (χ4v) is 3.97. The lowest BCUT2D eigenvalue weighted by atomic mass is 9.96. The van der Waals surface area contributed by atoms with Gasteiger partial charge >= 0.3 is 0 Å². The van der Waals surface area contributed by atoms with Gasteiger partial charge in [0.2, 0.25) is 5.78 Å². The highest BCUT2D eigenvalue weighted by atomic mass is 16.3. The molecule has 0 spiro atoms. The minimum Gasteiger partial charge on any atom is -0.503 e. The third-order valence-electron chi connectivity index (χ3n) is 5.45. The van der Waals surface area contributed by atoms with E-state index in [4.69, 9.17) is 4.42 Å². The second-order valence-electron chi connectivity index (χ2n) is 8.09. The zero-order valence-corrected chi connectivity index (χ0v) is 17.8. The number of amides is 1. The van der Waals surface area contributed by atoms with Crippen LogP contribution in [0.25, 0.3) is 11.0 Å². The number of aromatic nitrogens is 1. The van der Waals surface area contributed by atoms with Crippen molar-refractivity contribution in [2.45, 2.75) is 19.4 Å². The normalized spacial score (nSPS) is 16.7. The Morgan fingerprint density at radius 1 is 1.26 bits per heavy atom. The number of furan rings is 1. The van der Waals surface area contributed by atoms with Crippen LogP contribution < -0.4 is 0 Å². The first-order valence-electron chi connectivity index (χ1n) is 10.2. The molecule has 0 saturated heterocycles. The van der Waals surface area contributed by atoms with E-state index in [2.05, 4.69) is 4.98 Å². The lowest BCUT2D eigenvalue weighted by molar-refractivity contribution is -0.129. The number of hydrogen-bond donors (Lipinski definition) is 1. The molecule has 1 amide bonds. The van der Waals surface area contributed by atoms with Gasteiger partial charge in [-0.3, -0.25) is 14.6 Å². The van der Waals surface area contributed by atoms with E-state index in [9.17, 15) is 14.7 Å². The zero-order chi connectivity index (χ0) is 22.1. The summed E-state index contributed by atoms with van der Waals surface area (Å²) in [6.07, 6.45) is 3.95. The van der Waals surface area contributed by atoms with Gasteiger partial charge in [0.05, 0.1) is 11.6 Å². The number of benzene rings is 1. The summed E-state index contributed by atoms with van der Waals surface area (Å²) in [4.78, 5) is 34.1. The van der Waals surface area contributed by atoms with Crippen LogP contribution in [0.2, 0.25) is 0 Å². The molecule has 1 N–H and O–H groups in total. The molecule has 160 valence electrons. The number of Topliss-reactive ketones (excluding diaryl/α,β-unsaturated/α-hetero) is 1. The molecular formula is C24H25N3O4. The van der Waals surface area contributed by atoms with Gasteiger partial charge < -0.3 is 19.3 Å². The average molecular weight is 419 g/mol. The minimum absolute atomic E-state index is 0.0265. The van der Waals surface area contributed by atoms with Crippen LogP contribution in [0.15, 0.2) is 64.5 Å². The highest BCUT2D eigenvalue weighted by Gasteiger charge is 2.44. The van der Waals surface area contributed by atoms with E-state index < -0.39 is 23.5 Å². The number of rotatable bonds is 7. The molecule has 1 atom stereocenters. The van der Waals surface area contributed by atoms with Crippen LogP contribution >= 0.6 is 0 Å². The molecule has 31 heavy (non-hydrogen) atoms. The quantitative estimate of drug-likeness (QED) is 0.588. The number of pyridine rings is 1. The van der Waals surface area contributed by atoms with Crippen LogP contribution in [-0.2, 0) is 4.79 Å². The Balaban J connectivity index is 1.73. The molecule has 3 heterocycles. The van der Waals surface area contributed by atoms with Gasteiger partial charge in [0.15, 0.2) is 11.5 Å². The number of carbonyl (C=O) groups is 2. The van der Waals surface area contributed by atoms with Crippen molar-refractivity contribution in [1.82, 2.24) is 14.8 Å². The molecule has 1 unspecified atom stereocenters. The highest BCUT2D eigenvalue weighted by molar-refractivity contribution is 6.16. The molecule has 7 nitrogen and oxygen atoms in total. The molecule has 0 radical (unpaired) electrons. The van der Waals surface area contributed by atoms with Crippen LogP contribution in [0.5, 0.6) is 0 Å². The number of fused-ring (bicyclic) bond motifs is 1. The van der Waals surface area contributed by atoms with Gasteiger partial charge in [-0.2, -0.15) is 0 Å². The Hall–Kier alpha value is -3.45. The topological polar surface area (TPSA) is 86.9 Å². The first kappa shape index (κ1) is 20.8. The largest absolute Gasteiger partial charge is 0.503 e. The van der Waals surface area contributed by atoms with Crippen LogP contribution in [0.4, 0.5) is 0 Å². The predicted octanol–water partition coefficient (Wildman–Crippen LogP) is 3.67. The first-order valence-corrected chi connectivity index (χ1v) is 10.2. The van der Waals surface area contributed by atoms with E-state index in [0.717, 1.165) is 17.5 Å². The summed E-state index contributed by atoms with van der Waals surface area (Å²) in [7, 11) is 3.91. The molecule has 1 aromatic carbocycles. The van der Waals surface area contributed by atoms with Crippen molar-refractivity contribution >= 4 is 22.7 Å². The number of aryl methyl sites for hydroxylation is 1. The zero-order valence-electron chi connectivity index (χ0n) is 17.8. The maximum absolute atomic E-state index is 13.4. The number of ketones is 1. The molecule has 0 fully saturated rings.